The van der Waals surface area contributed by atoms with E-state index in [2.05, 4.69) is 20.2 Å². The summed E-state index contributed by atoms with van der Waals surface area (Å²) in [5, 5.41) is 6.94. The van der Waals surface area contributed by atoms with Gasteiger partial charge in [0.15, 0.2) is 0 Å². The summed E-state index contributed by atoms with van der Waals surface area (Å²) in [7, 11) is 0. The molecule has 0 spiro atoms. The zero-order valence-corrected chi connectivity index (χ0v) is 14.4. The van der Waals surface area contributed by atoms with Crippen LogP contribution in [0.5, 0.6) is 0 Å². The van der Waals surface area contributed by atoms with Crippen LogP contribution in [0.25, 0.3) is 22.7 Å². The van der Waals surface area contributed by atoms with Crippen molar-refractivity contribution in [2.24, 2.45) is 0 Å². The van der Waals surface area contributed by atoms with Gasteiger partial charge in [-0.1, -0.05) is 30.3 Å². The van der Waals surface area contributed by atoms with E-state index in [1.54, 1.807) is 12.1 Å². The van der Waals surface area contributed by atoms with Gasteiger partial charge in [-0.25, -0.2) is 4.98 Å². The van der Waals surface area contributed by atoms with Crippen LogP contribution in [0.2, 0.25) is 0 Å². The third kappa shape index (κ3) is 3.59. The molecule has 0 bridgehead atoms. The Balaban J connectivity index is 1.52. The largest absolute Gasteiger partial charge is 0.415 e. The van der Waals surface area contributed by atoms with Crippen molar-refractivity contribution in [3.8, 4) is 22.7 Å². The lowest BCUT2D eigenvalue weighted by atomic mass is 10.2. The normalized spacial score (nSPS) is 11.3. The first-order chi connectivity index (χ1) is 13.1. The molecule has 4 aromatic rings. The van der Waals surface area contributed by atoms with Crippen LogP contribution < -0.4 is 0 Å². The number of hydrogen-bond acceptors (Lipinski definition) is 5. The van der Waals surface area contributed by atoms with Gasteiger partial charge in [0.2, 0.25) is 5.89 Å². The van der Waals surface area contributed by atoms with Crippen molar-refractivity contribution in [2.45, 2.75) is 19.9 Å². The Morgan fingerprint density at radius 3 is 2.52 bits per heavy atom. The average Bonchev–Trinajstić information content (AvgIpc) is 3.31. The number of aromatic nitrogens is 5. The minimum atomic E-state index is -2.79. The molecule has 136 valence electrons. The van der Waals surface area contributed by atoms with E-state index in [9.17, 15) is 8.78 Å². The van der Waals surface area contributed by atoms with E-state index in [-0.39, 0.29) is 5.89 Å². The molecule has 0 saturated carbocycles. The number of aryl methyl sites for hydroxylation is 1. The molecule has 8 heteroatoms. The van der Waals surface area contributed by atoms with Gasteiger partial charge in [-0.05, 0) is 19.1 Å². The van der Waals surface area contributed by atoms with Crippen molar-refractivity contribution < 1.29 is 13.2 Å². The molecule has 0 unspecified atom stereocenters. The lowest BCUT2D eigenvalue weighted by Gasteiger charge is -2.04. The molecule has 6 nitrogen and oxygen atoms in total. The molecule has 0 fully saturated rings. The van der Waals surface area contributed by atoms with Crippen molar-refractivity contribution in [2.75, 3.05) is 0 Å². The summed E-state index contributed by atoms with van der Waals surface area (Å²) < 4.78 is 32.0. The van der Waals surface area contributed by atoms with Crippen LogP contribution in [0.4, 0.5) is 8.78 Å². The predicted octanol–water partition coefficient (Wildman–Crippen LogP) is 4.29. The minimum Gasteiger partial charge on any atom is -0.415 e. The van der Waals surface area contributed by atoms with Gasteiger partial charge in [-0.2, -0.15) is 8.78 Å². The number of hydrogen-bond donors (Lipinski definition) is 0. The fourth-order valence-electron chi connectivity index (χ4n) is 2.67. The van der Waals surface area contributed by atoms with Crippen molar-refractivity contribution in [3.63, 3.8) is 0 Å². The number of benzene rings is 1. The van der Waals surface area contributed by atoms with Crippen molar-refractivity contribution in [3.05, 3.63) is 72.3 Å². The maximum absolute atomic E-state index is 12.5. The highest BCUT2D eigenvalue weighted by molar-refractivity contribution is 5.58. The Kier molecular flexibility index (Phi) is 4.45. The first-order valence-corrected chi connectivity index (χ1v) is 8.26. The Labute approximate surface area is 153 Å². The monoisotopic (exact) mass is 367 g/mol. The molecule has 4 rings (SSSR count). The lowest BCUT2D eigenvalue weighted by Crippen LogP contribution is -2.02. The van der Waals surface area contributed by atoms with Gasteiger partial charge in [0.25, 0.3) is 5.89 Å². The fourth-order valence-corrected chi connectivity index (χ4v) is 2.67. The van der Waals surface area contributed by atoms with Crippen LogP contribution in [0.1, 0.15) is 23.8 Å². The van der Waals surface area contributed by atoms with Crippen LogP contribution in [0, 0.1) is 6.92 Å². The Morgan fingerprint density at radius 2 is 1.85 bits per heavy atom. The van der Waals surface area contributed by atoms with Gasteiger partial charge in [0.05, 0.1) is 23.5 Å². The standard InChI is InChI=1S/C19H15F2N5O/c1-12-23-16(13-5-3-2-4-6-13)11-26(12)10-15-8-7-14(9-22-15)18-24-25-19(27-18)17(20)21/h2-9,11,17H,10H2,1H3. The third-order valence-corrected chi connectivity index (χ3v) is 4.08. The molecule has 0 saturated heterocycles. The zero-order chi connectivity index (χ0) is 18.8. The molecule has 0 aliphatic heterocycles. The molecular weight excluding hydrogens is 352 g/mol. The highest BCUT2D eigenvalue weighted by Crippen LogP contribution is 2.23. The van der Waals surface area contributed by atoms with Crippen molar-refractivity contribution >= 4 is 0 Å². The molecule has 0 aliphatic rings. The van der Waals surface area contributed by atoms with Crippen LogP contribution in [0.3, 0.4) is 0 Å². The molecule has 27 heavy (non-hydrogen) atoms. The Morgan fingerprint density at radius 1 is 1.04 bits per heavy atom. The molecule has 1 aromatic carbocycles. The average molecular weight is 367 g/mol. The van der Waals surface area contributed by atoms with Crippen LogP contribution in [0.15, 0.2) is 59.3 Å². The van der Waals surface area contributed by atoms with Crippen molar-refractivity contribution in [1.82, 2.24) is 24.7 Å². The SMILES string of the molecule is Cc1nc(-c2ccccc2)cn1Cc1ccc(-c2nnc(C(F)F)o2)cn1. The van der Waals surface area contributed by atoms with Gasteiger partial charge in [0.1, 0.15) is 5.82 Å². The van der Waals surface area contributed by atoms with Crippen LogP contribution in [-0.2, 0) is 6.54 Å². The maximum atomic E-state index is 12.5. The second kappa shape index (κ2) is 7.06. The summed E-state index contributed by atoms with van der Waals surface area (Å²) in [5.74, 6) is 0.198. The summed E-state index contributed by atoms with van der Waals surface area (Å²) in [5.41, 5.74) is 3.24. The number of imidazole rings is 1. The molecule has 0 radical (unpaired) electrons. The second-order valence-corrected chi connectivity index (χ2v) is 5.95. The number of nitrogens with zero attached hydrogens (tertiary/aromatic N) is 5. The van der Waals surface area contributed by atoms with Crippen LogP contribution in [-0.4, -0.2) is 24.7 Å². The van der Waals surface area contributed by atoms with Crippen molar-refractivity contribution in [1.29, 1.82) is 0 Å². The zero-order valence-electron chi connectivity index (χ0n) is 14.4. The summed E-state index contributed by atoms with van der Waals surface area (Å²) in [6, 6.07) is 13.4. The molecule has 0 N–H and O–H groups in total. The second-order valence-electron chi connectivity index (χ2n) is 5.95. The van der Waals surface area contributed by atoms with Gasteiger partial charge in [0, 0.05) is 18.0 Å². The van der Waals surface area contributed by atoms with E-state index in [0.717, 1.165) is 22.8 Å². The molecule has 0 aliphatic carbocycles. The summed E-state index contributed by atoms with van der Waals surface area (Å²) >= 11 is 0. The topological polar surface area (TPSA) is 69.6 Å². The van der Waals surface area contributed by atoms with E-state index in [1.165, 1.54) is 6.20 Å². The van der Waals surface area contributed by atoms with Crippen LogP contribution >= 0.6 is 0 Å². The minimum absolute atomic E-state index is 0.0227. The van der Waals surface area contributed by atoms with Gasteiger partial charge in [-0.3, -0.25) is 4.98 Å². The summed E-state index contributed by atoms with van der Waals surface area (Å²) in [4.78, 5) is 8.96. The Hall–Kier alpha value is -3.42. The molecule has 3 heterocycles. The number of pyridine rings is 1. The highest BCUT2D eigenvalue weighted by atomic mass is 19.3. The molecule has 0 amide bonds. The smallest absolute Gasteiger partial charge is 0.314 e. The van der Waals surface area contributed by atoms with E-state index < -0.39 is 12.3 Å². The maximum Gasteiger partial charge on any atom is 0.314 e. The number of halogens is 2. The quantitative estimate of drug-likeness (QED) is 0.526. The van der Waals surface area contributed by atoms with E-state index in [1.807, 2.05) is 48.0 Å². The first-order valence-electron chi connectivity index (χ1n) is 8.26. The first kappa shape index (κ1) is 17.0. The summed E-state index contributed by atoms with van der Waals surface area (Å²) in [6.07, 6.45) is 0.719. The molecular formula is C19H15F2N5O. The third-order valence-electron chi connectivity index (χ3n) is 4.08. The van der Waals surface area contributed by atoms with Gasteiger partial charge in [-0.15, -0.1) is 10.2 Å². The molecule has 3 aromatic heterocycles. The number of rotatable bonds is 5. The van der Waals surface area contributed by atoms with E-state index in [0.29, 0.717) is 12.1 Å². The lowest BCUT2D eigenvalue weighted by molar-refractivity contribution is 0.116. The van der Waals surface area contributed by atoms with E-state index >= 15 is 0 Å². The number of alkyl halides is 2. The van der Waals surface area contributed by atoms with Gasteiger partial charge < -0.3 is 8.98 Å². The summed E-state index contributed by atoms with van der Waals surface area (Å²) in [6.45, 7) is 2.48. The highest BCUT2D eigenvalue weighted by Gasteiger charge is 2.17. The predicted molar refractivity (Wildman–Crippen MR) is 94.0 cm³/mol. The Bertz CT molecular complexity index is 1040. The van der Waals surface area contributed by atoms with E-state index in [4.69, 9.17) is 4.42 Å². The van der Waals surface area contributed by atoms with Gasteiger partial charge >= 0.3 is 6.43 Å². The molecule has 0 atom stereocenters. The fraction of sp³-hybridized carbons (Fsp3) is 0.158.